The first-order chi connectivity index (χ1) is 6.11. The smallest absolute Gasteiger partial charge is 0.167 e. The maximum atomic E-state index is 11.5. The predicted molar refractivity (Wildman–Crippen MR) is 50.2 cm³/mol. The standard InChI is InChI=1S/C11H12O2/c1-6-3-4-8-7(2)5-9(12)10(8)11(6)13/h3-4,7,13H,5H2,1-2H3. The molecule has 2 nitrogen and oxygen atoms in total. The summed E-state index contributed by atoms with van der Waals surface area (Å²) in [7, 11) is 0. The number of carbonyl (C=O) groups excluding carboxylic acids is 1. The highest BCUT2D eigenvalue weighted by Gasteiger charge is 2.29. The quantitative estimate of drug-likeness (QED) is 0.659. The second-order valence-electron chi connectivity index (χ2n) is 3.72. The summed E-state index contributed by atoms with van der Waals surface area (Å²) >= 11 is 0. The molecule has 2 heteroatoms. The monoisotopic (exact) mass is 176 g/mol. The molecule has 13 heavy (non-hydrogen) atoms. The van der Waals surface area contributed by atoms with Gasteiger partial charge in [-0.3, -0.25) is 4.79 Å². The minimum atomic E-state index is 0.0729. The van der Waals surface area contributed by atoms with Crippen LogP contribution in [0.4, 0.5) is 0 Å². The molecular weight excluding hydrogens is 164 g/mol. The zero-order chi connectivity index (χ0) is 9.59. The van der Waals surface area contributed by atoms with Gasteiger partial charge in [-0.1, -0.05) is 19.1 Å². The normalized spacial score (nSPS) is 20.5. The molecule has 1 aliphatic rings. The molecule has 0 amide bonds. The van der Waals surface area contributed by atoms with Crippen molar-refractivity contribution in [1.82, 2.24) is 0 Å². The van der Waals surface area contributed by atoms with Crippen molar-refractivity contribution in [2.24, 2.45) is 0 Å². The molecule has 0 saturated heterocycles. The van der Waals surface area contributed by atoms with Gasteiger partial charge in [0.05, 0.1) is 5.56 Å². The summed E-state index contributed by atoms with van der Waals surface area (Å²) in [5.41, 5.74) is 2.32. The topological polar surface area (TPSA) is 37.3 Å². The van der Waals surface area contributed by atoms with Gasteiger partial charge in [-0.05, 0) is 24.0 Å². The first-order valence-corrected chi connectivity index (χ1v) is 4.47. The predicted octanol–water partition coefficient (Wildman–Crippen LogP) is 2.39. The lowest BCUT2D eigenvalue weighted by Crippen LogP contribution is -1.93. The van der Waals surface area contributed by atoms with E-state index < -0.39 is 0 Å². The number of phenolic OH excluding ortho intramolecular Hbond substituents is 1. The third kappa shape index (κ3) is 1.05. The minimum absolute atomic E-state index is 0.0729. The zero-order valence-corrected chi connectivity index (χ0v) is 7.79. The Labute approximate surface area is 77.2 Å². The molecule has 1 unspecified atom stereocenters. The maximum Gasteiger partial charge on any atom is 0.167 e. The van der Waals surface area contributed by atoms with Crippen molar-refractivity contribution in [3.63, 3.8) is 0 Å². The molecule has 0 bridgehead atoms. The van der Waals surface area contributed by atoms with E-state index in [1.165, 1.54) is 0 Å². The van der Waals surface area contributed by atoms with Crippen LogP contribution in [0.3, 0.4) is 0 Å². The lowest BCUT2D eigenvalue weighted by atomic mass is 10.0. The van der Waals surface area contributed by atoms with Crippen molar-refractivity contribution in [2.75, 3.05) is 0 Å². The van der Waals surface area contributed by atoms with Gasteiger partial charge in [-0.25, -0.2) is 0 Å². The van der Waals surface area contributed by atoms with E-state index in [2.05, 4.69) is 0 Å². The number of hydrogen-bond acceptors (Lipinski definition) is 2. The minimum Gasteiger partial charge on any atom is -0.507 e. The van der Waals surface area contributed by atoms with Crippen molar-refractivity contribution in [3.8, 4) is 5.75 Å². The van der Waals surface area contributed by atoms with E-state index in [-0.39, 0.29) is 17.5 Å². The maximum absolute atomic E-state index is 11.5. The van der Waals surface area contributed by atoms with Gasteiger partial charge in [-0.15, -0.1) is 0 Å². The summed E-state index contributed by atoms with van der Waals surface area (Å²) in [6, 6.07) is 3.81. The van der Waals surface area contributed by atoms with Gasteiger partial charge in [0.25, 0.3) is 0 Å². The Morgan fingerprint density at radius 2 is 2.15 bits per heavy atom. The Hall–Kier alpha value is -1.31. The molecule has 0 aromatic heterocycles. The number of aromatic hydroxyl groups is 1. The van der Waals surface area contributed by atoms with Gasteiger partial charge in [-0.2, -0.15) is 0 Å². The summed E-state index contributed by atoms with van der Waals surface area (Å²) in [6.07, 6.45) is 0.534. The summed E-state index contributed by atoms with van der Waals surface area (Å²) < 4.78 is 0. The second-order valence-corrected chi connectivity index (χ2v) is 3.72. The van der Waals surface area contributed by atoms with Crippen LogP contribution in [0.1, 0.15) is 40.7 Å². The number of rotatable bonds is 0. The van der Waals surface area contributed by atoms with Crippen molar-refractivity contribution in [2.45, 2.75) is 26.2 Å². The first-order valence-electron chi connectivity index (χ1n) is 4.47. The van der Waals surface area contributed by atoms with Crippen LogP contribution in [-0.2, 0) is 0 Å². The van der Waals surface area contributed by atoms with E-state index in [9.17, 15) is 9.90 Å². The average molecular weight is 176 g/mol. The third-order valence-electron chi connectivity index (χ3n) is 2.71. The fourth-order valence-corrected chi connectivity index (χ4v) is 1.90. The Morgan fingerprint density at radius 3 is 2.85 bits per heavy atom. The molecule has 1 aromatic carbocycles. The number of fused-ring (bicyclic) bond motifs is 1. The number of carbonyl (C=O) groups is 1. The van der Waals surface area contributed by atoms with Gasteiger partial charge < -0.3 is 5.11 Å². The fourth-order valence-electron chi connectivity index (χ4n) is 1.90. The molecule has 0 aliphatic heterocycles. The van der Waals surface area contributed by atoms with Gasteiger partial charge >= 0.3 is 0 Å². The van der Waals surface area contributed by atoms with Crippen molar-refractivity contribution >= 4 is 5.78 Å². The number of benzene rings is 1. The summed E-state index contributed by atoms with van der Waals surface area (Å²) in [6.45, 7) is 3.82. The van der Waals surface area contributed by atoms with Gasteiger partial charge in [0, 0.05) is 6.42 Å². The molecular formula is C11H12O2. The molecule has 68 valence electrons. The van der Waals surface area contributed by atoms with Crippen LogP contribution < -0.4 is 0 Å². The molecule has 1 aliphatic carbocycles. The van der Waals surface area contributed by atoms with E-state index >= 15 is 0 Å². The molecule has 1 atom stereocenters. The Bertz CT molecular complexity index is 380. The zero-order valence-electron chi connectivity index (χ0n) is 7.79. The second kappa shape index (κ2) is 2.59. The molecule has 1 aromatic rings. The number of phenols is 1. The van der Waals surface area contributed by atoms with E-state index in [0.717, 1.165) is 11.1 Å². The van der Waals surface area contributed by atoms with E-state index in [1.807, 2.05) is 26.0 Å². The van der Waals surface area contributed by atoms with Crippen LogP contribution in [0.2, 0.25) is 0 Å². The van der Waals surface area contributed by atoms with Crippen LogP contribution in [0.15, 0.2) is 12.1 Å². The van der Waals surface area contributed by atoms with Crippen LogP contribution in [0.25, 0.3) is 0 Å². The number of hydrogen-bond donors (Lipinski definition) is 1. The van der Waals surface area contributed by atoms with Crippen LogP contribution >= 0.6 is 0 Å². The van der Waals surface area contributed by atoms with E-state index in [0.29, 0.717) is 12.0 Å². The summed E-state index contributed by atoms with van der Waals surface area (Å²) in [5.74, 6) is 0.504. The molecule has 0 spiro atoms. The highest BCUT2D eigenvalue weighted by Crippen LogP contribution is 2.38. The van der Waals surface area contributed by atoms with E-state index in [1.54, 1.807) is 0 Å². The van der Waals surface area contributed by atoms with Crippen LogP contribution in [-0.4, -0.2) is 10.9 Å². The lowest BCUT2D eigenvalue weighted by Gasteiger charge is -2.06. The largest absolute Gasteiger partial charge is 0.507 e. The highest BCUT2D eigenvalue weighted by atomic mass is 16.3. The van der Waals surface area contributed by atoms with Crippen molar-refractivity contribution < 1.29 is 9.90 Å². The van der Waals surface area contributed by atoms with Crippen LogP contribution in [0.5, 0.6) is 5.75 Å². The summed E-state index contributed by atoms with van der Waals surface area (Å²) in [4.78, 5) is 11.5. The Kier molecular flexibility index (Phi) is 1.65. The average Bonchev–Trinajstić information content (AvgIpc) is 2.35. The fraction of sp³-hybridized carbons (Fsp3) is 0.364. The van der Waals surface area contributed by atoms with E-state index in [4.69, 9.17) is 0 Å². The van der Waals surface area contributed by atoms with Crippen molar-refractivity contribution in [3.05, 3.63) is 28.8 Å². The molecule has 0 fully saturated rings. The van der Waals surface area contributed by atoms with Gasteiger partial charge in [0.1, 0.15) is 5.75 Å². The number of Topliss-reactive ketones (excluding diaryl/α,β-unsaturated/α-hetero) is 1. The molecule has 2 rings (SSSR count). The number of ketones is 1. The highest BCUT2D eigenvalue weighted by molar-refractivity contribution is 6.03. The first kappa shape index (κ1) is 8.30. The Balaban J connectivity index is 2.71. The molecule has 0 heterocycles. The molecule has 0 saturated carbocycles. The lowest BCUT2D eigenvalue weighted by molar-refractivity contribution is 0.0988. The number of aryl methyl sites for hydroxylation is 1. The SMILES string of the molecule is Cc1ccc2c(c1O)C(=O)CC2C. The third-order valence-corrected chi connectivity index (χ3v) is 2.71. The van der Waals surface area contributed by atoms with Crippen LogP contribution in [0, 0.1) is 6.92 Å². The molecule has 1 N–H and O–H groups in total. The Morgan fingerprint density at radius 1 is 1.46 bits per heavy atom. The summed E-state index contributed by atoms with van der Waals surface area (Å²) in [5, 5.41) is 9.69. The molecule has 0 radical (unpaired) electrons. The van der Waals surface area contributed by atoms with Gasteiger partial charge in [0.2, 0.25) is 0 Å². The van der Waals surface area contributed by atoms with Crippen molar-refractivity contribution in [1.29, 1.82) is 0 Å². The van der Waals surface area contributed by atoms with Gasteiger partial charge in [0.15, 0.2) is 5.78 Å².